The van der Waals surface area contributed by atoms with Crippen LogP contribution in [0.5, 0.6) is 0 Å². The van der Waals surface area contributed by atoms with E-state index in [0.29, 0.717) is 11.3 Å². The summed E-state index contributed by atoms with van der Waals surface area (Å²) in [6.07, 6.45) is 27.3. The summed E-state index contributed by atoms with van der Waals surface area (Å²) in [6.45, 7) is 21.1. The van der Waals surface area contributed by atoms with E-state index in [1.165, 1.54) is 75.4 Å². The number of allylic oxidation sites excluding steroid dienone is 10. The van der Waals surface area contributed by atoms with E-state index in [1.807, 2.05) is 0 Å². The predicted octanol–water partition coefficient (Wildman–Crippen LogP) is 11.2. The molecule has 0 spiro atoms. The Morgan fingerprint density at radius 2 is 1.58 bits per heavy atom. The molecule has 0 saturated heterocycles. The Kier molecular flexibility index (Phi) is 14.0. The summed E-state index contributed by atoms with van der Waals surface area (Å²) < 4.78 is 0. The van der Waals surface area contributed by atoms with E-state index in [4.69, 9.17) is 0 Å². The minimum atomic E-state index is 0.316. The Balaban J connectivity index is 2.42. The van der Waals surface area contributed by atoms with Crippen molar-refractivity contribution in [1.29, 1.82) is 0 Å². The third-order valence-corrected chi connectivity index (χ3v) is 7.86. The van der Waals surface area contributed by atoms with Crippen molar-refractivity contribution in [2.45, 2.75) is 127 Å². The minimum Gasteiger partial charge on any atom is -0.0788 e. The fraction of sp³-hybridized carbons (Fsp3) is 0.697. The number of unbranched alkanes of at least 4 members (excludes halogenated alkanes) is 2. The average Bonchev–Trinajstić information content (AvgIpc) is 2.72. The second-order valence-corrected chi connectivity index (χ2v) is 11.8. The van der Waals surface area contributed by atoms with Gasteiger partial charge in [-0.3, -0.25) is 0 Å². The molecule has 1 aliphatic rings. The average molecular weight is 453 g/mol. The van der Waals surface area contributed by atoms with Crippen molar-refractivity contribution in [2.24, 2.45) is 23.2 Å². The summed E-state index contributed by atoms with van der Waals surface area (Å²) in [5.74, 6) is 2.44. The van der Waals surface area contributed by atoms with Crippen molar-refractivity contribution in [2.75, 3.05) is 0 Å². The minimum absolute atomic E-state index is 0.316. The molecule has 0 bridgehead atoms. The summed E-state index contributed by atoms with van der Waals surface area (Å²) in [7, 11) is 0. The highest BCUT2D eigenvalue weighted by Crippen LogP contribution is 2.40. The Morgan fingerprint density at radius 3 is 2.24 bits per heavy atom. The van der Waals surface area contributed by atoms with Crippen LogP contribution in [-0.2, 0) is 0 Å². The van der Waals surface area contributed by atoms with Gasteiger partial charge in [0, 0.05) is 0 Å². The van der Waals surface area contributed by atoms with Crippen LogP contribution in [0.25, 0.3) is 0 Å². The topological polar surface area (TPSA) is 0 Å². The summed E-state index contributed by atoms with van der Waals surface area (Å²) in [4.78, 5) is 0. The third-order valence-electron chi connectivity index (χ3n) is 7.86. The molecule has 188 valence electrons. The Hall–Kier alpha value is -1.30. The lowest BCUT2D eigenvalue weighted by Crippen LogP contribution is -2.19. The molecule has 1 aliphatic carbocycles. The van der Waals surface area contributed by atoms with Gasteiger partial charge in [0.2, 0.25) is 0 Å². The monoisotopic (exact) mass is 452 g/mol. The summed E-state index contributed by atoms with van der Waals surface area (Å²) in [5.41, 5.74) is 6.12. The highest BCUT2D eigenvalue weighted by atomic mass is 14.3. The van der Waals surface area contributed by atoms with Gasteiger partial charge in [-0.15, -0.1) is 0 Å². The molecule has 0 radical (unpaired) electrons. The van der Waals surface area contributed by atoms with Crippen LogP contribution in [0, 0.1) is 23.2 Å². The van der Waals surface area contributed by atoms with Gasteiger partial charge in [0.25, 0.3) is 0 Å². The van der Waals surface area contributed by atoms with Crippen molar-refractivity contribution in [3.63, 3.8) is 0 Å². The van der Waals surface area contributed by atoms with E-state index in [-0.39, 0.29) is 0 Å². The van der Waals surface area contributed by atoms with Crippen LogP contribution in [0.1, 0.15) is 127 Å². The van der Waals surface area contributed by atoms with Crippen LogP contribution in [-0.4, -0.2) is 0 Å². The second kappa shape index (κ2) is 15.6. The molecule has 3 atom stereocenters. The molecular weight excluding hydrogens is 396 g/mol. The molecule has 1 rings (SSSR count). The maximum atomic E-state index is 2.45. The van der Waals surface area contributed by atoms with Crippen LogP contribution >= 0.6 is 0 Å². The molecule has 0 fully saturated rings. The van der Waals surface area contributed by atoms with Gasteiger partial charge < -0.3 is 0 Å². The third kappa shape index (κ3) is 12.1. The van der Waals surface area contributed by atoms with Crippen LogP contribution in [0.4, 0.5) is 0 Å². The largest absolute Gasteiger partial charge is 0.0788 e. The highest BCUT2D eigenvalue weighted by Gasteiger charge is 2.26. The lowest BCUT2D eigenvalue weighted by atomic mass is 9.72. The number of hydrogen-bond acceptors (Lipinski definition) is 0. The van der Waals surface area contributed by atoms with Crippen molar-refractivity contribution < 1.29 is 0 Å². The Bertz CT molecular complexity index is 706. The van der Waals surface area contributed by atoms with Gasteiger partial charge in [0.1, 0.15) is 0 Å². The molecule has 0 heteroatoms. The lowest BCUT2D eigenvalue weighted by molar-refractivity contribution is 0.329. The molecule has 3 unspecified atom stereocenters. The van der Waals surface area contributed by atoms with Crippen molar-refractivity contribution in [3.8, 4) is 0 Å². The maximum absolute atomic E-state index is 2.45. The zero-order valence-electron chi connectivity index (χ0n) is 23.8. The Morgan fingerprint density at radius 1 is 0.909 bits per heavy atom. The molecular formula is C33H56. The maximum Gasteiger partial charge on any atom is -0.0104 e. The normalized spacial score (nSPS) is 20.6. The summed E-state index contributed by atoms with van der Waals surface area (Å²) in [5, 5.41) is 0. The molecule has 0 saturated carbocycles. The van der Waals surface area contributed by atoms with Crippen LogP contribution < -0.4 is 0 Å². The first-order valence-electron chi connectivity index (χ1n) is 14.0. The fourth-order valence-corrected chi connectivity index (χ4v) is 5.35. The zero-order valence-corrected chi connectivity index (χ0v) is 23.8. The molecule has 0 aliphatic heterocycles. The number of rotatable bonds is 14. The number of hydrogen-bond donors (Lipinski definition) is 0. The first-order valence-corrected chi connectivity index (χ1v) is 14.0. The Labute approximate surface area is 208 Å². The van der Waals surface area contributed by atoms with Crippen molar-refractivity contribution in [3.05, 3.63) is 58.7 Å². The SMILES string of the molecule is CCCC(C)C(C)CCCCCC(C)/C=C(C)/C=C/C=C(C)/C=C/C1=C(C)CCCC1(C)C. The van der Waals surface area contributed by atoms with Gasteiger partial charge in [-0.2, -0.15) is 0 Å². The quantitative estimate of drug-likeness (QED) is 0.181. The van der Waals surface area contributed by atoms with E-state index >= 15 is 0 Å². The van der Waals surface area contributed by atoms with E-state index in [9.17, 15) is 0 Å². The van der Waals surface area contributed by atoms with Gasteiger partial charge in [0.15, 0.2) is 0 Å². The van der Waals surface area contributed by atoms with E-state index in [0.717, 1.165) is 11.8 Å². The molecule has 0 aromatic rings. The van der Waals surface area contributed by atoms with E-state index in [1.54, 1.807) is 11.1 Å². The van der Waals surface area contributed by atoms with Crippen molar-refractivity contribution >= 4 is 0 Å². The lowest BCUT2D eigenvalue weighted by Gasteiger charge is -2.32. The molecule has 0 heterocycles. The van der Waals surface area contributed by atoms with Crippen LogP contribution in [0.2, 0.25) is 0 Å². The van der Waals surface area contributed by atoms with Gasteiger partial charge in [-0.1, -0.05) is 133 Å². The summed E-state index contributed by atoms with van der Waals surface area (Å²) >= 11 is 0. The van der Waals surface area contributed by atoms with E-state index in [2.05, 4.69) is 98.8 Å². The zero-order chi connectivity index (χ0) is 24.9. The highest BCUT2D eigenvalue weighted by molar-refractivity contribution is 5.37. The van der Waals surface area contributed by atoms with Crippen LogP contribution in [0.15, 0.2) is 58.7 Å². The van der Waals surface area contributed by atoms with Crippen LogP contribution in [0.3, 0.4) is 0 Å². The molecule has 33 heavy (non-hydrogen) atoms. The fourth-order valence-electron chi connectivity index (χ4n) is 5.35. The van der Waals surface area contributed by atoms with E-state index < -0.39 is 0 Å². The van der Waals surface area contributed by atoms with Crippen molar-refractivity contribution in [1.82, 2.24) is 0 Å². The van der Waals surface area contributed by atoms with Gasteiger partial charge >= 0.3 is 0 Å². The first kappa shape index (κ1) is 29.7. The molecule has 0 amide bonds. The smallest absolute Gasteiger partial charge is 0.0104 e. The predicted molar refractivity (Wildman–Crippen MR) is 152 cm³/mol. The van der Waals surface area contributed by atoms with Gasteiger partial charge in [-0.05, 0) is 75.2 Å². The second-order valence-electron chi connectivity index (χ2n) is 11.8. The molecule has 0 nitrogen and oxygen atoms in total. The standard InChI is InChI=1S/C33H56/c1-10-16-29(5)30(6)20-13-11-12-17-27(3)25-28(4)19-14-18-26(2)22-23-32-31(7)21-15-24-33(32,8)9/h14,18-19,22-23,25,27,29-30H,10-13,15-17,20-21,24H2,1-9H3/b19-14+,23-22+,26-18+,28-25+. The molecule has 0 aromatic heterocycles. The molecule has 0 aromatic carbocycles. The van der Waals surface area contributed by atoms with Gasteiger partial charge in [0.05, 0.1) is 0 Å². The first-order chi connectivity index (χ1) is 15.6. The molecule has 0 N–H and O–H groups in total. The van der Waals surface area contributed by atoms with Gasteiger partial charge in [-0.25, -0.2) is 0 Å². The summed E-state index contributed by atoms with van der Waals surface area (Å²) in [6, 6.07) is 0.